The monoisotopic (exact) mass is 534 g/mol. The number of nitrogens with one attached hydrogen (secondary N) is 2. The van der Waals surface area contributed by atoms with Crippen LogP contribution in [0.25, 0.3) is 0 Å². The molecule has 1 aliphatic rings. The van der Waals surface area contributed by atoms with E-state index in [4.69, 9.17) is 0 Å². The molecule has 204 valence electrons. The minimum absolute atomic E-state index is 0.139. The van der Waals surface area contributed by atoms with Crippen LogP contribution in [0.3, 0.4) is 0 Å². The van der Waals surface area contributed by atoms with Gasteiger partial charge in [-0.2, -0.15) is 0 Å². The Balaban J connectivity index is 1.50. The van der Waals surface area contributed by atoms with Crippen LogP contribution in [-0.2, 0) is 11.3 Å². The molecule has 0 aromatic heterocycles. The van der Waals surface area contributed by atoms with E-state index < -0.39 is 5.82 Å². The predicted octanol–water partition coefficient (Wildman–Crippen LogP) is 4.84. The lowest BCUT2D eigenvalue weighted by Gasteiger charge is -2.37. The first kappa shape index (κ1) is 27.8. The Kier molecular flexibility index (Phi) is 8.91. The number of piperazine rings is 1. The maximum Gasteiger partial charge on any atom is 0.254 e. The number of anilines is 2. The van der Waals surface area contributed by atoms with E-state index in [2.05, 4.69) is 10.6 Å². The van der Waals surface area contributed by atoms with Gasteiger partial charge in [-0.05, 0) is 60.0 Å². The van der Waals surface area contributed by atoms with Crippen molar-refractivity contribution in [1.29, 1.82) is 0 Å². The van der Waals surface area contributed by atoms with Crippen molar-refractivity contribution in [1.82, 2.24) is 10.2 Å². The zero-order valence-corrected chi connectivity index (χ0v) is 22.0. The summed E-state index contributed by atoms with van der Waals surface area (Å²) < 4.78 is 26.9. The Morgan fingerprint density at radius 3 is 2.26 bits per heavy atom. The van der Waals surface area contributed by atoms with Crippen LogP contribution in [0.5, 0.6) is 0 Å². The highest BCUT2D eigenvalue weighted by atomic mass is 19.1. The molecule has 0 bridgehead atoms. The molecule has 0 radical (unpaired) electrons. The fourth-order valence-corrected chi connectivity index (χ4v) is 4.49. The molecular formula is C30H32F2N4O3. The summed E-state index contributed by atoms with van der Waals surface area (Å²) in [6, 6.07) is 16.7. The summed E-state index contributed by atoms with van der Waals surface area (Å²) in [5, 5.41) is 5.74. The van der Waals surface area contributed by atoms with E-state index in [1.54, 1.807) is 41.3 Å². The van der Waals surface area contributed by atoms with Crippen molar-refractivity contribution >= 4 is 29.1 Å². The Hall–Kier alpha value is -4.27. The lowest BCUT2D eigenvalue weighted by molar-refractivity contribution is -0.116. The number of halogens is 2. The largest absolute Gasteiger partial charge is 0.367 e. The van der Waals surface area contributed by atoms with Crippen molar-refractivity contribution in [2.75, 3.05) is 36.4 Å². The number of amides is 3. The van der Waals surface area contributed by atoms with Gasteiger partial charge in [-0.25, -0.2) is 8.78 Å². The maximum atomic E-state index is 13.6. The summed E-state index contributed by atoms with van der Waals surface area (Å²) in [5.41, 5.74) is 2.61. The first-order chi connectivity index (χ1) is 18.7. The number of hydrogen-bond acceptors (Lipinski definition) is 4. The second kappa shape index (κ2) is 12.5. The SMILES string of the molecule is CC(C)CC(=O)Nc1ccc(N2CCN(C(=O)c3cccc(F)c3)CC2)c(C(=O)NCc2ccc(F)cc2)c1. The average molecular weight is 535 g/mol. The van der Waals surface area contributed by atoms with Crippen LogP contribution in [0.2, 0.25) is 0 Å². The Morgan fingerprint density at radius 1 is 0.872 bits per heavy atom. The van der Waals surface area contributed by atoms with Gasteiger partial charge in [0, 0.05) is 56.1 Å². The van der Waals surface area contributed by atoms with Gasteiger partial charge in [-0.1, -0.05) is 32.0 Å². The van der Waals surface area contributed by atoms with E-state index >= 15 is 0 Å². The third kappa shape index (κ3) is 7.40. The third-order valence-electron chi connectivity index (χ3n) is 6.46. The average Bonchev–Trinajstić information content (AvgIpc) is 2.92. The van der Waals surface area contributed by atoms with E-state index in [0.29, 0.717) is 55.1 Å². The van der Waals surface area contributed by atoms with Gasteiger partial charge in [0.1, 0.15) is 11.6 Å². The molecule has 0 atom stereocenters. The zero-order valence-electron chi connectivity index (χ0n) is 22.0. The summed E-state index contributed by atoms with van der Waals surface area (Å²) in [5.74, 6) is -1.35. The fraction of sp³-hybridized carbons (Fsp3) is 0.300. The van der Waals surface area contributed by atoms with Gasteiger partial charge < -0.3 is 20.4 Å². The molecule has 1 saturated heterocycles. The molecule has 1 fully saturated rings. The van der Waals surface area contributed by atoms with Gasteiger partial charge >= 0.3 is 0 Å². The van der Waals surface area contributed by atoms with E-state index in [9.17, 15) is 23.2 Å². The van der Waals surface area contributed by atoms with Crippen molar-refractivity contribution in [2.45, 2.75) is 26.8 Å². The second-order valence-corrected chi connectivity index (χ2v) is 9.98. The second-order valence-electron chi connectivity index (χ2n) is 9.98. The molecule has 0 spiro atoms. The first-order valence-electron chi connectivity index (χ1n) is 13.0. The topological polar surface area (TPSA) is 81.8 Å². The molecule has 3 aromatic rings. The van der Waals surface area contributed by atoms with Gasteiger partial charge in [-0.3, -0.25) is 14.4 Å². The quantitative estimate of drug-likeness (QED) is 0.433. The molecule has 7 nitrogen and oxygen atoms in total. The highest BCUT2D eigenvalue weighted by Gasteiger charge is 2.25. The number of carbonyl (C=O) groups is 3. The Labute approximate surface area is 226 Å². The van der Waals surface area contributed by atoms with Crippen LogP contribution >= 0.6 is 0 Å². The van der Waals surface area contributed by atoms with Crippen LogP contribution in [0.1, 0.15) is 46.5 Å². The van der Waals surface area contributed by atoms with E-state index in [-0.39, 0.29) is 36.0 Å². The summed E-state index contributed by atoms with van der Waals surface area (Å²) in [7, 11) is 0. The van der Waals surface area contributed by atoms with Crippen LogP contribution in [0.15, 0.2) is 66.7 Å². The maximum absolute atomic E-state index is 13.6. The molecular weight excluding hydrogens is 502 g/mol. The summed E-state index contributed by atoms with van der Waals surface area (Å²) in [4.78, 5) is 42.2. The van der Waals surface area contributed by atoms with Crippen LogP contribution < -0.4 is 15.5 Å². The molecule has 1 aliphatic heterocycles. The molecule has 0 unspecified atom stereocenters. The minimum atomic E-state index is -0.462. The van der Waals surface area contributed by atoms with Gasteiger partial charge in [-0.15, -0.1) is 0 Å². The first-order valence-corrected chi connectivity index (χ1v) is 13.0. The van der Waals surface area contributed by atoms with Gasteiger partial charge in [0.15, 0.2) is 0 Å². The number of hydrogen-bond donors (Lipinski definition) is 2. The number of nitrogens with zero attached hydrogens (tertiary/aromatic N) is 2. The number of rotatable bonds is 8. The third-order valence-corrected chi connectivity index (χ3v) is 6.46. The molecule has 39 heavy (non-hydrogen) atoms. The van der Waals surface area contributed by atoms with Crippen molar-refractivity contribution in [3.8, 4) is 0 Å². The molecule has 9 heteroatoms. The van der Waals surface area contributed by atoms with Crippen molar-refractivity contribution in [2.24, 2.45) is 5.92 Å². The molecule has 0 aliphatic carbocycles. The lowest BCUT2D eigenvalue weighted by atomic mass is 10.1. The normalized spacial score (nSPS) is 13.4. The summed E-state index contributed by atoms with van der Waals surface area (Å²) in [6.45, 7) is 5.86. The molecule has 3 aromatic carbocycles. The van der Waals surface area contributed by atoms with Crippen molar-refractivity contribution in [3.05, 3.63) is 95.1 Å². The molecule has 4 rings (SSSR count). The van der Waals surface area contributed by atoms with Crippen LogP contribution in [0, 0.1) is 17.6 Å². The standard InChI is InChI=1S/C30H32F2N4O3/c1-20(2)16-28(37)34-25-10-11-27(26(18-25)29(38)33-19-21-6-8-23(31)9-7-21)35-12-14-36(15-13-35)30(39)22-4-3-5-24(32)17-22/h3-11,17-18,20H,12-16,19H2,1-2H3,(H,33,38)(H,34,37). The summed E-state index contributed by atoms with van der Waals surface area (Å²) >= 11 is 0. The summed E-state index contributed by atoms with van der Waals surface area (Å²) in [6.07, 6.45) is 0.356. The molecule has 2 N–H and O–H groups in total. The van der Waals surface area contributed by atoms with E-state index in [0.717, 1.165) is 5.56 Å². The minimum Gasteiger partial charge on any atom is -0.367 e. The van der Waals surface area contributed by atoms with Crippen LogP contribution in [0.4, 0.5) is 20.2 Å². The molecule has 3 amide bonds. The van der Waals surface area contributed by atoms with Gasteiger partial charge in [0.2, 0.25) is 5.91 Å². The fourth-order valence-electron chi connectivity index (χ4n) is 4.49. The Morgan fingerprint density at radius 2 is 1.59 bits per heavy atom. The number of carbonyl (C=O) groups excluding carboxylic acids is 3. The smallest absolute Gasteiger partial charge is 0.254 e. The zero-order chi connectivity index (χ0) is 27.9. The molecule has 1 heterocycles. The van der Waals surface area contributed by atoms with E-state index in [1.807, 2.05) is 18.7 Å². The number of benzene rings is 3. The van der Waals surface area contributed by atoms with Crippen LogP contribution in [-0.4, -0.2) is 48.8 Å². The highest BCUT2D eigenvalue weighted by Crippen LogP contribution is 2.27. The van der Waals surface area contributed by atoms with Gasteiger partial charge in [0.25, 0.3) is 11.8 Å². The highest BCUT2D eigenvalue weighted by molar-refractivity contribution is 6.02. The van der Waals surface area contributed by atoms with Crippen molar-refractivity contribution < 1.29 is 23.2 Å². The van der Waals surface area contributed by atoms with Gasteiger partial charge in [0.05, 0.1) is 5.56 Å². The van der Waals surface area contributed by atoms with E-state index in [1.165, 1.54) is 30.3 Å². The predicted molar refractivity (Wildman–Crippen MR) is 147 cm³/mol. The molecule has 0 saturated carbocycles. The lowest BCUT2D eigenvalue weighted by Crippen LogP contribution is -2.49. The van der Waals surface area contributed by atoms with Crippen molar-refractivity contribution in [3.63, 3.8) is 0 Å². The Bertz CT molecular complexity index is 1340.